The number of ether oxygens (including phenoxy) is 3. The van der Waals surface area contributed by atoms with Gasteiger partial charge in [-0.2, -0.15) is 0 Å². The van der Waals surface area contributed by atoms with Gasteiger partial charge in [-0.15, -0.1) is 0 Å². The van der Waals surface area contributed by atoms with Crippen LogP contribution in [0.25, 0.3) is 0 Å². The third-order valence-electron chi connectivity index (χ3n) is 7.22. The standard InChI is InChI=1S/C27H35NO3/c1-19-11-12-23-26(30-19)22-16-24(29-18-20-9-5-4-6-10-20)21(17-28-13-7-8-14-28)15-25(22)31-27(23,2)3/h4-6,9-10,15-16,19,23,26H,7-8,11-14,17-18H2,1-3H3/t19-,23-,26+/m1/s1. The summed E-state index contributed by atoms with van der Waals surface area (Å²) in [5.41, 5.74) is 3.33. The minimum Gasteiger partial charge on any atom is -0.489 e. The van der Waals surface area contributed by atoms with E-state index in [1.807, 2.05) is 6.07 Å². The van der Waals surface area contributed by atoms with Crippen LogP contribution in [0.1, 0.15) is 69.2 Å². The molecule has 0 amide bonds. The molecular formula is C27H35NO3. The lowest BCUT2D eigenvalue weighted by molar-refractivity contribution is -0.144. The van der Waals surface area contributed by atoms with Crippen molar-refractivity contribution in [2.75, 3.05) is 13.1 Å². The SMILES string of the molecule is C[C@@H]1CC[C@@H]2[C@@H](O1)c1cc(OCc3ccccc3)c(CN3CCCC3)cc1OC2(C)C. The lowest BCUT2D eigenvalue weighted by Crippen LogP contribution is -2.48. The largest absolute Gasteiger partial charge is 0.489 e. The third kappa shape index (κ3) is 4.33. The van der Waals surface area contributed by atoms with Crippen molar-refractivity contribution >= 4 is 0 Å². The Morgan fingerprint density at radius 3 is 2.61 bits per heavy atom. The summed E-state index contributed by atoms with van der Waals surface area (Å²) in [6.45, 7) is 10.4. The van der Waals surface area contributed by atoms with Crippen molar-refractivity contribution in [3.8, 4) is 11.5 Å². The number of benzene rings is 2. The van der Waals surface area contributed by atoms with Crippen LogP contribution in [-0.4, -0.2) is 29.7 Å². The first-order valence-electron chi connectivity index (χ1n) is 11.9. The molecule has 4 heteroatoms. The van der Waals surface area contributed by atoms with Gasteiger partial charge in [0, 0.05) is 23.6 Å². The highest BCUT2D eigenvalue weighted by Gasteiger charge is 2.47. The van der Waals surface area contributed by atoms with E-state index in [2.05, 4.69) is 62.1 Å². The van der Waals surface area contributed by atoms with Gasteiger partial charge in [0.05, 0.1) is 12.2 Å². The molecule has 0 aliphatic carbocycles. The molecule has 2 saturated heterocycles. The number of hydrogen-bond donors (Lipinski definition) is 0. The molecule has 0 N–H and O–H groups in total. The van der Waals surface area contributed by atoms with E-state index in [0.29, 0.717) is 12.5 Å². The van der Waals surface area contributed by atoms with E-state index >= 15 is 0 Å². The third-order valence-corrected chi connectivity index (χ3v) is 7.22. The average molecular weight is 422 g/mol. The minimum atomic E-state index is -0.227. The summed E-state index contributed by atoms with van der Waals surface area (Å²) < 4.78 is 19.5. The molecule has 0 spiro atoms. The summed E-state index contributed by atoms with van der Waals surface area (Å²) >= 11 is 0. The zero-order valence-corrected chi connectivity index (χ0v) is 19.1. The lowest BCUT2D eigenvalue weighted by Gasteiger charge is -2.48. The molecule has 2 fully saturated rings. The normalized spacial score (nSPS) is 27.3. The van der Waals surface area contributed by atoms with Crippen molar-refractivity contribution in [2.24, 2.45) is 5.92 Å². The van der Waals surface area contributed by atoms with Crippen molar-refractivity contribution in [2.45, 2.75) is 77.4 Å². The van der Waals surface area contributed by atoms with Gasteiger partial charge < -0.3 is 14.2 Å². The summed E-state index contributed by atoms with van der Waals surface area (Å²) in [5.74, 6) is 2.31. The summed E-state index contributed by atoms with van der Waals surface area (Å²) in [4.78, 5) is 2.52. The second-order valence-corrected chi connectivity index (χ2v) is 10.0. The number of nitrogens with zero attached hydrogens (tertiary/aromatic N) is 1. The molecule has 2 aromatic carbocycles. The van der Waals surface area contributed by atoms with Gasteiger partial charge in [0.1, 0.15) is 23.7 Å². The fraction of sp³-hybridized carbons (Fsp3) is 0.556. The minimum absolute atomic E-state index is 0.0717. The Morgan fingerprint density at radius 1 is 1.06 bits per heavy atom. The van der Waals surface area contributed by atoms with E-state index in [9.17, 15) is 0 Å². The van der Waals surface area contributed by atoms with Gasteiger partial charge in [0.25, 0.3) is 0 Å². The lowest BCUT2D eigenvalue weighted by atomic mass is 9.75. The number of hydrogen-bond acceptors (Lipinski definition) is 4. The van der Waals surface area contributed by atoms with Crippen molar-refractivity contribution in [1.29, 1.82) is 0 Å². The predicted octanol–water partition coefficient (Wildman–Crippen LogP) is 5.89. The Balaban J connectivity index is 1.50. The van der Waals surface area contributed by atoms with Crippen LogP contribution in [0, 0.1) is 5.92 Å². The summed E-state index contributed by atoms with van der Waals surface area (Å²) in [5, 5.41) is 0. The first kappa shape index (κ1) is 20.8. The molecule has 3 aliphatic heterocycles. The maximum atomic E-state index is 6.59. The van der Waals surface area contributed by atoms with Crippen molar-refractivity contribution in [3.63, 3.8) is 0 Å². The highest BCUT2D eigenvalue weighted by molar-refractivity contribution is 5.50. The quantitative estimate of drug-likeness (QED) is 0.602. The summed E-state index contributed by atoms with van der Waals surface area (Å²) in [7, 11) is 0. The van der Waals surface area contributed by atoms with Gasteiger partial charge in [0.2, 0.25) is 0 Å². The number of likely N-dealkylation sites (tertiary alicyclic amines) is 1. The van der Waals surface area contributed by atoms with Crippen molar-refractivity contribution in [1.82, 2.24) is 4.90 Å². The molecule has 3 aliphatic rings. The van der Waals surface area contributed by atoms with Gasteiger partial charge >= 0.3 is 0 Å². The molecule has 2 aromatic rings. The Kier molecular flexibility index (Phi) is 5.70. The molecule has 3 heterocycles. The highest BCUT2D eigenvalue weighted by Crippen LogP contribution is 2.52. The van der Waals surface area contributed by atoms with Gasteiger partial charge in [-0.3, -0.25) is 4.90 Å². The number of rotatable bonds is 5. The second kappa shape index (κ2) is 8.48. The Bertz CT molecular complexity index is 904. The monoisotopic (exact) mass is 421 g/mol. The maximum absolute atomic E-state index is 6.59. The fourth-order valence-corrected chi connectivity index (χ4v) is 5.44. The van der Waals surface area contributed by atoms with Gasteiger partial charge in [-0.1, -0.05) is 30.3 Å². The fourth-order valence-electron chi connectivity index (χ4n) is 5.44. The predicted molar refractivity (Wildman–Crippen MR) is 122 cm³/mol. The first-order chi connectivity index (χ1) is 15.0. The van der Waals surface area contributed by atoms with Crippen LogP contribution in [0.4, 0.5) is 0 Å². The van der Waals surface area contributed by atoms with Crippen LogP contribution in [0.3, 0.4) is 0 Å². The van der Waals surface area contributed by atoms with Crippen LogP contribution in [0.2, 0.25) is 0 Å². The molecule has 31 heavy (non-hydrogen) atoms. The molecule has 0 unspecified atom stereocenters. The van der Waals surface area contributed by atoms with Crippen molar-refractivity contribution < 1.29 is 14.2 Å². The first-order valence-corrected chi connectivity index (χ1v) is 11.9. The molecule has 0 aromatic heterocycles. The Hall–Kier alpha value is -2.04. The van der Waals surface area contributed by atoms with Gasteiger partial charge in [-0.05, 0) is 77.2 Å². The van der Waals surface area contributed by atoms with E-state index in [0.717, 1.165) is 49.5 Å². The maximum Gasteiger partial charge on any atom is 0.126 e. The number of fused-ring (bicyclic) bond motifs is 3. The van der Waals surface area contributed by atoms with Crippen LogP contribution in [0.15, 0.2) is 42.5 Å². The molecule has 4 nitrogen and oxygen atoms in total. The zero-order valence-electron chi connectivity index (χ0n) is 19.1. The van der Waals surface area contributed by atoms with Gasteiger partial charge in [-0.25, -0.2) is 0 Å². The molecule has 0 saturated carbocycles. The van der Waals surface area contributed by atoms with E-state index in [1.165, 1.54) is 24.0 Å². The average Bonchev–Trinajstić information content (AvgIpc) is 3.26. The summed E-state index contributed by atoms with van der Waals surface area (Å²) in [6, 6.07) is 14.9. The van der Waals surface area contributed by atoms with Crippen LogP contribution < -0.4 is 9.47 Å². The van der Waals surface area contributed by atoms with Crippen LogP contribution in [0.5, 0.6) is 11.5 Å². The molecule has 166 valence electrons. The Morgan fingerprint density at radius 2 is 1.84 bits per heavy atom. The van der Waals surface area contributed by atoms with Crippen LogP contribution in [-0.2, 0) is 17.9 Å². The molecule has 5 rings (SSSR count). The van der Waals surface area contributed by atoms with E-state index in [-0.39, 0.29) is 17.8 Å². The Labute approximate surface area is 186 Å². The summed E-state index contributed by atoms with van der Waals surface area (Å²) in [6.07, 6.45) is 5.14. The van der Waals surface area contributed by atoms with Crippen LogP contribution >= 0.6 is 0 Å². The topological polar surface area (TPSA) is 30.9 Å². The van der Waals surface area contributed by atoms with Gasteiger partial charge in [0.15, 0.2) is 0 Å². The molecule has 3 atom stereocenters. The van der Waals surface area contributed by atoms with E-state index in [1.54, 1.807) is 0 Å². The van der Waals surface area contributed by atoms with E-state index in [4.69, 9.17) is 14.2 Å². The van der Waals surface area contributed by atoms with Crippen molar-refractivity contribution in [3.05, 3.63) is 59.2 Å². The zero-order chi connectivity index (χ0) is 21.4. The van der Waals surface area contributed by atoms with E-state index < -0.39 is 0 Å². The molecule has 0 radical (unpaired) electrons. The molecular weight excluding hydrogens is 386 g/mol. The smallest absolute Gasteiger partial charge is 0.126 e. The highest BCUT2D eigenvalue weighted by atomic mass is 16.5. The second-order valence-electron chi connectivity index (χ2n) is 10.0. The molecule has 0 bridgehead atoms.